The Morgan fingerprint density at radius 2 is 2.16 bits per heavy atom. The number of nitrogens with zero attached hydrogens (tertiary/aromatic N) is 2. The minimum Gasteiger partial charge on any atom is -0.382 e. The third kappa shape index (κ3) is 3.84. The Balaban J connectivity index is 1.88. The molecule has 1 aromatic heterocycles. The molecule has 0 fully saturated rings. The molecule has 5 nitrogen and oxygen atoms in total. The van der Waals surface area contributed by atoms with Gasteiger partial charge in [-0.15, -0.1) is 0 Å². The van der Waals surface area contributed by atoms with Crippen LogP contribution in [-0.2, 0) is 11.3 Å². The van der Waals surface area contributed by atoms with Gasteiger partial charge in [0.1, 0.15) is 6.54 Å². The molecule has 2 rings (SSSR count). The fraction of sp³-hybridized carbons (Fsp3) is 0.286. The topological polar surface area (TPSA) is 72.9 Å². The van der Waals surface area contributed by atoms with E-state index in [9.17, 15) is 4.79 Å². The summed E-state index contributed by atoms with van der Waals surface area (Å²) < 4.78 is 1.53. The summed E-state index contributed by atoms with van der Waals surface area (Å²) in [6, 6.07) is 10.3. The molecule has 5 heteroatoms. The van der Waals surface area contributed by atoms with Crippen molar-refractivity contribution in [3.63, 3.8) is 0 Å². The van der Waals surface area contributed by atoms with Crippen molar-refractivity contribution in [1.29, 1.82) is 0 Å². The second-order valence-electron chi connectivity index (χ2n) is 4.59. The molecule has 1 atom stereocenters. The molecule has 1 unspecified atom stereocenters. The van der Waals surface area contributed by atoms with Crippen molar-refractivity contribution in [2.75, 3.05) is 11.9 Å². The van der Waals surface area contributed by atoms with Gasteiger partial charge in [-0.1, -0.05) is 37.3 Å². The van der Waals surface area contributed by atoms with Crippen LogP contribution in [0.15, 0.2) is 42.7 Å². The molecule has 1 amide bonds. The Morgan fingerprint density at radius 1 is 1.42 bits per heavy atom. The predicted octanol–water partition coefficient (Wildman–Crippen LogP) is 1.58. The molecule has 0 saturated carbocycles. The molecule has 1 aromatic carbocycles. The van der Waals surface area contributed by atoms with E-state index in [0.717, 1.165) is 12.2 Å². The highest BCUT2D eigenvalue weighted by atomic mass is 16.1. The quantitative estimate of drug-likeness (QED) is 0.826. The lowest BCUT2D eigenvalue weighted by molar-refractivity contribution is -0.118. The smallest absolute Gasteiger partial charge is 0.239 e. The number of amides is 1. The van der Waals surface area contributed by atoms with E-state index in [0.29, 0.717) is 5.92 Å². The summed E-state index contributed by atoms with van der Waals surface area (Å²) >= 11 is 0. The molecular weight excluding hydrogens is 240 g/mol. The molecule has 1 heterocycles. The number of nitrogens with one attached hydrogen (secondary N) is 1. The summed E-state index contributed by atoms with van der Waals surface area (Å²) in [4.78, 5) is 10.8. The molecule has 0 spiro atoms. The van der Waals surface area contributed by atoms with Crippen LogP contribution in [0.1, 0.15) is 18.4 Å². The minimum atomic E-state index is -0.396. The highest BCUT2D eigenvalue weighted by molar-refractivity contribution is 5.73. The first-order valence-corrected chi connectivity index (χ1v) is 6.24. The van der Waals surface area contributed by atoms with Gasteiger partial charge in [-0.2, -0.15) is 5.10 Å². The average Bonchev–Trinajstić information content (AvgIpc) is 2.84. The van der Waals surface area contributed by atoms with Gasteiger partial charge in [-0.05, 0) is 11.5 Å². The molecule has 3 N–H and O–H groups in total. The maximum absolute atomic E-state index is 10.8. The highest BCUT2D eigenvalue weighted by Gasteiger charge is 2.06. The van der Waals surface area contributed by atoms with Crippen molar-refractivity contribution in [3.8, 4) is 0 Å². The second-order valence-corrected chi connectivity index (χ2v) is 4.59. The molecule has 0 aliphatic carbocycles. The maximum Gasteiger partial charge on any atom is 0.239 e. The summed E-state index contributed by atoms with van der Waals surface area (Å²) in [5, 5.41) is 7.36. The fourth-order valence-corrected chi connectivity index (χ4v) is 1.87. The molecule has 0 saturated heterocycles. The molecule has 2 aromatic rings. The van der Waals surface area contributed by atoms with Crippen LogP contribution in [0.2, 0.25) is 0 Å². The average molecular weight is 258 g/mol. The van der Waals surface area contributed by atoms with Crippen LogP contribution in [0.5, 0.6) is 0 Å². The minimum absolute atomic E-state index is 0.107. The van der Waals surface area contributed by atoms with Crippen LogP contribution in [0.4, 0.5) is 5.69 Å². The molecule has 0 aliphatic heterocycles. The number of benzene rings is 1. The zero-order valence-electron chi connectivity index (χ0n) is 10.9. The zero-order valence-corrected chi connectivity index (χ0v) is 10.9. The van der Waals surface area contributed by atoms with Crippen molar-refractivity contribution < 1.29 is 4.79 Å². The first-order valence-electron chi connectivity index (χ1n) is 6.24. The van der Waals surface area contributed by atoms with Gasteiger partial charge < -0.3 is 11.1 Å². The van der Waals surface area contributed by atoms with E-state index in [1.54, 1.807) is 12.4 Å². The summed E-state index contributed by atoms with van der Waals surface area (Å²) in [7, 11) is 0. The molecule has 0 aliphatic rings. The SMILES string of the molecule is CC(CNc1cnn(CC(N)=O)c1)c1ccccc1. The van der Waals surface area contributed by atoms with Crippen LogP contribution >= 0.6 is 0 Å². The summed E-state index contributed by atoms with van der Waals surface area (Å²) in [6.45, 7) is 3.08. The van der Waals surface area contributed by atoms with Crippen LogP contribution in [0.3, 0.4) is 0 Å². The largest absolute Gasteiger partial charge is 0.382 e. The number of carbonyl (C=O) groups excluding carboxylic acids is 1. The number of rotatable bonds is 6. The first kappa shape index (κ1) is 13.1. The lowest BCUT2D eigenvalue weighted by atomic mass is 10.0. The van der Waals surface area contributed by atoms with Crippen molar-refractivity contribution in [1.82, 2.24) is 9.78 Å². The number of hydrogen-bond acceptors (Lipinski definition) is 3. The zero-order chi connectivity index (χ0) is 13.7. The number of primary amides is 1. The number of aromatic nitrogens is 2. The predicted molar refractivity (Wildman–Crippen MR) is 74.8 cm³/mol. The summed E-state index contributed by atoms with van der Waals surface area (Å²) in [6.07, 6.45) is 3.48. The van der Waals surface area contributed by atoms with Gasteiger partial charge in [0.05, 0.1) is 11.9 Å². The fourth-order valence-electron chi connectivity index (χ4n) is 1.87. The monoisotopic (exact) mass is 258 g/mol. The maximum atomic E-state index is 10.8. The highest BCUT2D eigenvalue weighted by Crippen LogP contribution is 2.15. The van der Waals surface area contributed by atoms with Crippen molar-refractivity contribution in [2.24, 2.45) is 5.73 Å². The summed E-state index contributed by atoms with van der Waals surface area (Å²) in [5.41, 5.74) is 7.30. The second kappa shape index (κ2) is 6.04. The first-order chi connectivity index (χ1) is 9.15. The van der Waals surface area contributed by atoms with Gasteiger partial charge in [-0.3, -0.25) is 9.48 Å². The van der Waals surface area contributed by atoms with E-state index in [4.69, 9.17) is 5.73 Å². The third-order valence-corrected chi connectivity index (χ3v) is 2.93. The van der Waals surface area contributed by atoms with Gasteiger partial charge in [0.15, 0.2) is 0 Å². The molecule has 0 bridgehead atoms. The number of carbonyl (C=O) groups is 1. The number of nitrogens with two attached hydrogens (primary N) is 1. The Hall–Kier alpha value is -2.30. The van der Waals surface area contributed by atoms with Gasteiger partial charge in [-0.25, -0.2) is 0 Å². The Morgan fingerprint density at radius 3 is 2.84 bits per heavy atom. The lowest BCUT2D eigenvalue weighted by Gasteiger charge is -2.12. The Labute approximate surface area is 112 Å². The van der Waals surface area contributed by atoms with Crippen LogP contribution < -0.4 is 11.1 Å². The van der Waals surface area contributed by atoms with Gasteiger partial charge in [0.25, 0.3) is 0 Å². The molecule has 100 valence electrons. The molecular formula is C14H18N4O. The summed E-state index contributed by atoms with van der Waals surface area (Å²) in [5.74, 6) is 0.00740. The van der Waals surface area contributed by atoms with E-state index in [2.05, 4.69) is 29.5 Å². The molecule has 0 radical (unpaired) electrons. The van der Waals surface area contributed by atoms with Crippen LogP contribution in [-0.4, -0.2) is 22.2 Å². The van der Waals surface area contributed by atoms with Gasteiger partial charge in [0, 0.05) is 12.7 Å². The van der Waals surface area contributed by atoms with Crippen molar-refractivity contribution >= 4 is 11.6 Å². The van der Waals surface area contributed by atoms with E-state index in [-0.39, 0.29) is 6.54 Å². The Kier molecular flexibility index (Phi) is 4.18. The standard InChI is InChI=1S/C14H18N4O/c1-11(12-5-3-2-4-6-12)7-16-13-8-17-18(9-13)10-14(15)19/h2-6,8-9,11,16H,7,10H2,1H3,(H2,15,19). The Bertz CT molecular complexity index is 535. The number of anilines is 1. The van der Waals surface area contributed by atoms with E-state index in [1.165, 1.54) is 10.2 Å². The van der Waals surface area contributed by atoms with E-state index < -0.39 is 5.91 Å². The normalized spacial score (nSPS) is 12.1. The van der Waals surface area contributed by atoms with Gasteiger partial charge >= 0.3 is 0 Å². The van der Waals surface area contributed by atoms with E-state index in [1.807, 2.05) is 18.2 Å². The molecule has 19 heavy (non-hydrogen) atoms. The van der Waals surface area contributed by atoms with Crippen LogP contribution in [0.25, 0.3) is 0 Å². The number of hydrogen-bond donors (Lipinski definition) is 2. The van der Waals surface area contributed by atoms with Crippen LogP contribution in [0, 0.1) is 0 Å². The van der Waals surface area contributed by atoms with Crippen molar-refractivity contribution in [2.45, 2.75) is 19.4 Å². The lowest BCUT2D eigenvalue weighted by Crippen LogP contribution is -2.18. The van der Waals surface area contributed by atoms with E-state index >= 15 is 0 Å². The third-order valence-electron chi connectivity index (χ3n) is 2.93. The van der Waals surface area contributed by atoms with Crippen molar-refractivity contribution in [3.05, 3.63) is 48.3 Å². The van der Waals surface area contributed by atoms with Gasteiger partial charge in [0.2, 0.25) is 5.91 Å².